The van der Waals surface area contributed by atoms with E-state index in [-0.39, 0.29) is 11.8 Å². The highest BCUT2D eigenvalue weighted by Gasteiger charge is 2.38. The maximum Gasteiger partial charge on any atom is 0.152 e. The van der Waals surface area contributed by atoms with Crippen LogP contribution in [0, 0.1) is 0 Å². The summed E-state index contributed by atoms with van der Waals surface area (Å²) in [6.45, 7) is 2.65. The van der Waals surface area contributed by atoms with Crippen LogP contribution < -0.4 is 4.90 Å². The van der Waals surface area contributed by atoms with E-state index < -0.39 is 0 Å². The number of Topliss-reactive ketones (excluding diaryl/α,β-unsaturated/α-hetero) is 1. The van der Waals surface area contributed by atoms with E-state index in [1.807, 2.05) is 24.3 Å². The largest absolute Gasteiger partial charge is 0.361 e. The van der Waals surface area contributed by atoms with Gasteiger partial charge in [-0.3, -0.25) is 4.79 Å². The first kappa shape index (κ1) is 12.9. The van der Waals surface area contributed by atoms with Gasteiger partial charge in [0.05, 0.1) is 6.04 Å². The highest BCUT2D eigenvalue weighted by Crippen LogP contribution is 2.36. The van der Waals surface area contributed by atoms with Crippen LogP contribution >= 0.6 is 0 Å². The summed E-state index contributed by atoms with van der Waals surface area (Å²) in [6, 6.07) is 20.6. The van der Waals surface area contributed by atoms with Crippen molar-refractivity contribution in [3.05, 3.63) is 66.2 Å². The second kappa shape index (κ2) is 5.49. The lowest BCUT2D eigenvalue weighted by molar-refractivity contribution is -0.118. The van der Waals surface area contributed by atoms with Crippen LogP contribution in [0.4, 0.5) is 5.69 Å². The zero-order valence-electron chi connectivity index (χ0n) is 11.7. The molecule has 1 aliphatic rings. The number of carbonyl (C=O) groups is 1. The number of hydrogen-bond donors (Lipinski definition) is 0. The molecule has 0 N–H and O–H groups in total. The summed E-state index contributed by atoms with van der Waals surface area (Å²) >= 11 is 0. The molecule has 1 aliphatic heterocycles. The number of nitrogens with zero attached hydrogens (tertiary/aromatic N) is 1. The SMILES string of the molecule is CC(=O)C1C(c2ccccc2)CCN1c1ccccc1. The van der Waals surface area contributed by atoms with E-state index in [4.69, 9.17) is 0 Å². The van der Waals surface area contributed by atoms with Crippen molar-refractivity contribution in [3.63, 3.8) is 0 Å². The molecule has 0 radical (unpaired) electrons. The molecule has 0 aromatic heterocycles. The molecule has 0 aliphatic carbocycles. The van der Waals surface area contributed by atoms with Crippen molar-refractivity contribution in [2.24, 2.45) is 0 Å². The van der Waals surface area contributed by atoms with Gasteiger partial charge in [-0.05, 0) is 31.0 Å². The summed E-state index contributed by atoms with van der Waals surface area (Å²) in [5.74, 6) is 0.550. The monoisotopic (exact) mass is 265 g/mol. The van der Waals surface area contributed by atoms with E-state index in [1.165, 1.54) is 5.56 Å². The van der Waals surface area contributed by atoms with Gasteiger partial charge in [0.15, 0.2) is 5.78 Å². The van der Waals surface area contributed by atoms with E-state index in [9.17, 15) is 4.79 Å². The van der Waals surface area contributed by atoms with Crippen LogP contribution in [0.5, 0.6) is 0 Å². The van der Waals surface area contributed by atoms with E-state index >= 15 is 0 Å². The molecule has 2 unspecified atom stereocenters. The zero-order valence-corrected chi connectivity index (χ0v) is 11.7. The van der Waals surface area contributed by atoms with Crippen molar-refractivity contribution < 1.29 is 4.79 Å². The third-order valence-electron chi connectivity index (χ3n) is 4.13. The first-order valence-electron chi connectivity index (χ1n) is 7.14. The second-order valence-electron chi connectivity index (χ2n) is 5.39. The Morgan fingerprint density at radius 2 is 1.60 bits per heavy atom. The fourth-order valence-corrected chi connectivity index (χ4v) is 3.25. The summed E-state index contributed by atoms with van der Waals surface area (Å²) in [5.41, 5.74) is 2.41. The molecular weight excluding hydrogens is 246 g/mol. The van der Waals surface area contributed by atoms with Crippen molar-refractivity contribution in [1.29, 1.82) is 0 Å². The van der Waals surface area contributed by atoms with Crippen LogP contribution in [0.25, 0.3) is 0 Å². The van der Waals surface area contributed by atoms with Crippen LogP contribution in [0.15, 0.2) is 60.7 Å². The number of anilines is 1. The lowest BCUT2D eigenvalue weighted by Crippen LogP contribution is -2.37. The molecule has 0 spiro atoms. The number of rotatable bonds is 3. The zero-order chi connectivity index (χ0) is 13.9. The molecule has 0 bridgehead atoms. The lowest BCUT2D eigenvalue weighted by Gasteiger charge is -2.28. The van der Waals surface area contributed by atoms with Gasteiger partial charge < -0.3 is 4.90 Å². The van der Waals surface area contributed by atoms with Crippen LogP contribution in [-0.2, 0) is 4.79 Å². The van der Waals surface area contributed by atoms with Gasteiger partial charge in [-0.1, -0.05) is 48.5 Å². The Morgan fingerprint density at radius 1 is 1.00 bits per heavy atom. The number of ketones is 1. The molecule has 2 heteroatoms. The van der Waals surface area contributed by atoms with Crippen LogP contribution in [0.1, 0.15) is 24.8 Å². The first-order valence-corrected chi connectivity index (χ1v) is 7.14. The lowest BCUT2D eigenvalue weighted by atomic mass is 9.90. The molecule has 1 heterocycles. The van der Waals surface area contributed by atoms with E-state index in [1.54, 1.807) is 6.92 Å². The van der Waals surface area contributed by atoms with Crippen LogP contribution in [0.3, 0.4) is 0 Å². The Kier molecular flexibility index (Phi) is 3.55. The molecule has 0 saturated carbocycles. The highest BCUT2D eigenvalue weighted by atomic mass is 16.1. The van der Waals surface area contributed by atoms with Crippen molar-refractivity contribution in [2.45, 2.75) is 25.3 Å². The van der Waals surface area contributed by atoms with Crippen molar-refractivity contribution in [1.82, 2.24) is 0 Å². The summed E-state index contributed by atoms with van der Waals surface area (Å²) < 4.78 is 0. The highest BCUT2D eigenvalue weighted by molar-refractivity contribution is 5.87. The van der Waals surface area contributed by atoms with Gasteiger partial charge in [-0.15, -0.1) is 0 Å². The predicted octanol–water partition coefficient (Wildman–Crippen LogP) is 3.64. The Bertz CT molecular complexity index is 531. The molecule has 1 fully saturated rings. The fourth-order valence-electron chi connectivity index (χ4n) is 3.25. The number of benzene rings is 2. The fraction of sp³-hybridized carbons (Fsp3) is 0.278. The minimum atomic E-state index is -0.0419. The predicted molar refractivity (Wildman–Crippen MR) is 82.1 cm³/mol. The molecule has 102 valence electrons. The van der Waals surface area contributed by atoms with Gasteiger partial charge in [0.25, 0.3) is 0 Å². The summed E-state index contributed by atoms with van der Waals surface area (Å²) in [7, 11) is 0. The summed E-state index contributed by atoms with van der Waals surface area (Å²) in [4.78, 5) is 14.4. The molecule has 1 saturated heterocycles. The Labute approximate surface area is 120 Å². The summed E-state index contributed by atoms with van der Waals surface area (Å²) in [5, 5.41) is 0. The van der Waals surface area contributed by atoms with Gasteiger partial charge in [0.2, 0.25) is 0 Å². The maximum absolute atomic E-state index is 12.2. The number of para-hydroxylation sites is 1. The molecule has 0 amide bonds. The molecule has 2 aromatic carbocycles. The first-order chi connectivity index (χ1) is 9.77. The van der Waals surface area contributed by atoms with Crippen LogP contribution in [-0.4, -0.2) is 18.4 Å². The molecule has 2 aromatic rings. The second-order valence-corrected chi connectivity index (χ2v) is 5.39. The van der Waals surface area contributed by atoms with Gasteiger partial charge in [0.1, 0.15) is 0 Å². The number of hydrogen-bond acceptors (Lipinski definition) is 2. The van der Waals surface area contributed by atoms with Crippen molar-refractivity contribution >= 4 is 11.5 Å². The quantitative estimate of drug-likeness (QED) is 0.844. The van der Waals surface area contributed by atoms with Gasteiger partial charge in [-0.2, -0.15) is 0 Å². The van der Waals surface area contributed by atoms with E-state index in [2.05, 4.69) is 41.3 Å². The van der Waals surface area contributed by atoms with Gasteiger partial charge in [0, 0.05) is 18.2 Å². The Balaban J connectivity index is 1.94. The average Bonchev–Trinajstić information content (AvgIpc) is 2.94. The van der Waals surface area contributed by atoms with Crippen molar-refractivity contribution in [3.8, 4) is 0 Å². The third kappa shape index (κ3) is 2.34. The van der Waals surface area contributed by atoms with E-state index in [0.717, 1.165) is 18.7 Å². The van der Waals surface area contributed by atoms with Gasteiger partial charge >= 0.3 is 0 Å². The number of carbonyl (C=O) groups excluding carboxylic acids is 1. The molecule has 2 nitrogen and oxygen atoms in total. The molecular formula is C18H19NO. The third-order valence-corrected chi connectivity index (χ3v) is 4.13. The topological polar surface area (TPSA) is 20.3 Å². The molecule has 2 atom stereocenters. The summed E-state index contributed by atoms with van der Waals surface area (Å²) in [6.07, 6.45) is 1.03. The molecule has 20 heavy (non-hydrogen) atoms. The average molecular weight is 265 g/mol. The van der Waals surface area contributed by atoms with Gasteiger partial charge in [-0.25, -0.2) is 0 Å². The van der Waals surface area contributed by atoms with Crippen molar-refractivity contribution in [2.75, 3.05) is 11.4 Å². The minimum absolute atomic E-state index is 0.0419. The normalized spacial score (nSPS) is 21.9. The standard InChI is InChI=1S/C18H19NO/c1-14(20)18-17(15-8-4-2-5-9-15)12-13-19(18)16-10-6-3-7-11-16/h2-11,17-18H,12-13H2,1H3. The molecule has 3 rings (SSSR count). The minimum Gasteiger partial charge on any atom is -0.361 e. The Hall–Kier alpha value is -2.09. The maximum atomic E-state index is 12.2. The Morgan fingerprint density at radius 3 is 2.20 bits per heavy atom. The van der Waals surface area contributed by atoms with Crippen LogP contribution in [0.2, 0.25) is 0 Å². The smallest absolute Gasteiger partial charge is 0.152 e. The van der Waals surface area contributed by atoms with E-state index in [0.29, 0.717) is 5.92 Å².